The van der Waals surface area contributed by atoms with E-state index in [1.54, 1.807) is 36.9 Å². The normalized spacial score (nSPS) is 12.8. The van der Waals surface area contributed by atoms with E-state index < -0.39 is 10.9 Å². The number of benzene rings is 1. The van der Waals surface area contributed by atoms with Crippen LogP contribution in [0.25, 0.3) is 0 Å². The highest BCUT2D eigenvalue weighted by atomic mass is 16.6. The third-order valence-corrected chi connectivity index (χ3v) is 4.51. The summed E-state index contributed by atoms with van der Waals surface area (Å²) in [4.78, 5) is 36.5. The zero-order valence-electron chi connectivity index (χ0n) is 14.7. The van der Waals surface area contributed by atoms with E-state index in [-0.39, 0.29) is 23.8 Å². The number of hydrogen-bond donors (Lipinski definition) is 0. The third kappa shape index (κ3) is 2.92. The standard InChI is InChI=1S/C17H18N4O5/c1-10-16(21(24)25)11(2)20(18-10)9-15(22)19-7-6-12-8-13(17(23)26-3)4-5-14(12)19/h4-5,8H,6-7,9H2,1-3H3. The van der Waals surface area contributed by atoms with Gasteiger partial charge in [0.05, 0.1) is 17.6 Å². The van der Waals surface area contributed by atoms with Crippen molar-refractivity contribution in [1.29, 1.82) is 0 Å². The molecule has 2 heterocycles. The predicted octanol–water partition coefficient (Wildman–Crippen LogP) is 1.78. The number of nitrogens with zero attached hydrogens (tertiary/aromatic N) is 4. The van der Waals surface area contributed by atoms with Gasteiger partial charge in [-0.25, -0.2) is 4.79 Å². The minimum absolute atomic E-state index is 0.0673. The van der Waals surface area contributed by atoms with Crippen molar-refractivity contribution in [3.05, 3.63) is 50.8 Å². The Morgan fingerprint density at radius 3 is 2.69 bits per heavy atom. The molecule has 1 aromatic heterocycles. The van der Waals surface area contributed by atoms with Gasteiger partial charge >= 0.3 is 11.7 Å². The molecule has 0 aliphatic carbocycles. The zero-order chi connectivity index (χ0) is 19.0. The zero-order valence-corrected chi connectivity index (χ0v) is 14.7. The van der Waals surface area contributed by atoms with E-state index >= 15 is 0 Å². The van der Waals surface area contributed by atoms with E-state index in [1.807, 2.05) is 0 Å². The van der Waals surface area contributed by atoms with Crippen LogP contribution in [0.5, 0.6) is 0 Å². The molecule has 1 aromatic carbocycles. The molecule has 1 aliphatic rings. The fourth-order valence-electron chi connectivity index (χ4n) is 3.22. The van der Waals surface area contributed by atoms with Crippen LogP contribution in [0.15, 0.2) is 18.2 Å². The summed E-state index contributed by atoms with van der Waals surface area (Å²) in [5.41, 5.74) is 2.63. The predicted molar refractivity (Wildman–Crippen MR) is 92.2 cm³/mol. The lowest BCUT2D eigenvalue weighted by Crippen LogP contribution is -2.32. The molecule has 0 radical (unpaired) electrons. The van der Waals surface area contributed by atoms with Crippen LogP contribution in [0.1, 0.15) is 27.3 Å². The number of fused-ring (bicyclic) bond motifs is 1. The minimum Gasteiger partial charge on any atom is -0.465 e. The van der Waals surface area contributed by atoms with Gasteiger partial charge in [-0.05, 0) is 44.0 Å². The van der Waals surface area contributed by atoms with Gasteiger partial charge in [0, 0.05) is 12.2 Å². The monoisotopic (exact) mass is 358 g/mol. The quantitative estimate of drug-likeness (QED) is 0.468. The highest BCUT2D eigenvalue weighted by Gasteiger charge is 2.28. The van der Waals surface area contributed by atoms with E-state index in [0.717, 1.165) is 11.3 Å². The van der Waals surface area contributed by atoms with Crippen molar-refractivity contribution in [1.82, 2.24) is 9.78 Å². The Morgan fingerprint density at radius 2 is 2.08 bits per heavy atom. The molecule has 0 spiro atoms. The Hall–Kier alpha value is -3.23. The molecular weight excluding hydrogens is 340 g/mol. The number of carbonyl (C=O) groups excluding carboxylic acids is 2. The summed E-state index contributed by atoms with van der Waals surface area (Å²) in [6.07, 6.45) is 0.628. The summed E-state index contributed by atoms with van der Waals surface area (Å²) in [5, 5.41) is 15.2. The number of amides is 1. The van der Waals surface area contributed by atoms with E-state index in [0.29, 0.717) is 24.2 Å². The van der Waals surface area contributed by atoms with E-state index in [9.17, 15) is 19.7 Å². The molecule has 0 unspecified atom stereocenters. The van der Waals surface area contributed by atoms with Gasteiger partial charge in [0.25, 0.3) is 0 Å². The lowest BCUT2D eigenvalue weighted by atomic mass is 10.1. The lowest BCUT2D eigenvalue weighted by molar-refractivity contribution is -0.386. The molecule has 1 aliphatic heterocycles. The van der Waals surface area contributed by atoms with Crippen LogP contribution in [-0.2, 0) is 22.5 Å². The molecule has 26 heavy (non-hydrogen) atoms. The Morgan fingerprint density at radius 1 is 1.35 bits per heavy atom. The summed E-state index contributed by atoms with van der Waals surface area (Å²) in [7, 11) is 1.32. The first-order valence-corrected chi connectivity index (χ1v) is 8.03. The van der Waals surface area contributed by atoms with Crippen LogP contribution in [0.3, 0.4) is 0 Å². The van der Waals surface area contributed by atoms with Crippen molar-refractivity contribution in [2.75, 3.05) is 18.6 Å². The molecule has 9 heteroatoms. The summed E-state index contributed by atoms with van der Waals surface area (Å²) >= 11 is 0. The average molecular weight is 358 g/mol. The number of nitro groups is 1. The Labute approximate surface area is 149 Å². The smallest absolute Gasteiger partial charge is 0.337 e. The summed E-state index contributed by atoms with van der Waals surface area (Å²) in [5.74, 6) is -0.636. The van der Waals surface area contributed by atoms with Gasteiger partial charge in [-0.2, -0.15) is 5.10 Å². The highest BCUT2D eigenvalue weighted by molar-refractivity contribution is 5.97. The van der Waals surface area contributed by atoms with Crippen LogP contribution in [0.2, 0.25) is 0 Å². The highest BCUT2D eigenvalue weighted by Crippen LogP contribution is 2.30. The minimum atomic E-state index is -0.488. The van der Waals surface area contributed by atoms with Gasteiger partial charge in [0.1, 0.15) is 17.9 Å². The number of esters is 1. The first kappa shape index (κ1) is 17.6. The Balaban J connectivity index is 1.83. The van der Waals surface area contributed by atoms with Crippen LogP contribution >= 0.6 is 0 Å². The Kier molecular flexibility index (Phi) is 4.45. The summed E-state index contributed by atoms with van der Waals surface area (Å²) in [6, 6.07) is 5.06. The largest absolute Gasteiger partial charge is 0.465 e. The SMILES string of the molecule is COC(=O)c1ccc2c(c1)CCN2C(=O)Cn1nc(C)c([N+](=O)[O-])c1C. The average Bonchev–Trinajstić information content (AvgIpc) is 3.14. The van der Waals surface area contributed by atoms with Crippen molar-refractivity contribution in [3.63, 3.8) is 0 Å². The second-order valence-electron chi connectivity index (χ2n) is 6.06. The van der Waals surface area contributed by atoms with Crippen molar-refractivity contribution in [3.8, 4) is 0 Å². The molecule has 0 atom stereocenters. The second kappa shape index (κ2) is 6.58. The van der Waals surface area contributed by atoms with Gasteiger partial charge in [0.2, 0.25) is 5.91 Å². The van der Waals surface area contributed by atoms with Gasteiger partial charge in [-0.1, -0.05) is 0 Å². The molecular formula is C17H18N4O5. The maximum Gasteiger partial charge on any atom is 0.337 e. The fourth-order valence-corrected chi connectivity index (χ4v) is 3.22. The van der Waals surface area contributed by atoms with Gasteiger partial charge in [-0.3, -0.25) is 19.6 Å². The van der Waals surface area contributed by atoms with Crippen LogP contribution < -0.4 is 4.90 Å². The van der Waals surface area contributed by atoms with Crippen molar-refractivity contribution in [2.24, 2.45) is 0 Å². The number of hydrogen-bond acceptors (Lipinski definition) is 6. The summed E-state index contributed by atoms with van der Waals surface area (Å²) in [6.45, 7) is 3.52. The first-order chi connectivity index (χ1) is 12.3. The molecule has 0 saturated heterocycles. The third-order valence-electron chi connectivity index (χ3n) is 4.51. The molecule has 0 bridgehead atoms. The molecule has 0 N–H and O–H groups in total. The summed E-state index contributed by atoms with van der Waals surface area (Å²) < 4.78 is 6.07. The second-order valence-corrected chi connectivity index (χ2v) is 6.06. The lowest BCUT2D eigenvalue weighted by Gasteiger charge is -2.18. The van der Waals surface area contributed by atoms with Gasteiger partial charge in [-0.15, -0.1) is 0 Å². The number of rotatable bonds is 4. The number of aryl methyl sites for hydroxylation is 1. The van der Waals surface area contributed by atoms with Crippen LogP contribution in [-0.4, -0.2) is 40.2 Å². The Bertz CT molecular complexity index is 918. The van der Waals surface area contributed by atoms with Crippen molar-refractivity contribution < 1.29 is 19.2 Å². The number of anilines is 1. The topological polar surface area (TPSA) is 108 Å². The number of methoxy groups -OCH3 is 1. The van der Waals surface area contributed by atoms with Crippen LogP contribution in [0, 0.1) is 24.0 Å². The fraction of sp³-hybridized carbons (Fsp3) is 0.353. The molecule has 9 nitrogen and oxygen atoms in total. The molecule has 1 amide bonds. The maximum absolute atomic E-state index is 12.7. The van der Waals surface area contributed by atoms with Gasteiger partial charge in [0.15, 0.2) is 0 Å². The molecule has 136 valence electrons. The van der Waals surface area contributed by atoms with Crippen molar-refractivity contribution in [2.45, 2.75) is 26.8 Å². The maximum atomic E-state index is 12.7. The molecule has 2 aromatic rings. The van der Waals surface area contributed by atoms with Crippen LogP contribution in [0.4, 0.5) is 11.4 Å². The molecule has 3 rings (SSSR count). The number of ether oxygens (including phenoxy) is 1. The van der Waals surface area contributed by atoms with E-state index in [2.05, 4.69) is 5.10 Å². The van der Waals surface area contributed by atoms with E-state index in [4.69, 9.17) is 4.74 Å². The van der Waals surface area contributed by atoms with Gasteiger partial charge < -0.3 is 9.64 Å². The number of aromatic nitrogens is 2. The molecule has 0 fully saturated rings. The van der Waals surface area contributed by atoms with E-state index in [1.165, 1.54) is 11.8 Å². The number of carbonyl (C=O) groups is 2. The van der Waals surface area contributed by atoms with Crippen molar-refractivity contribution >= 4 is 23.3 Å². The molecule has 0 saturated carbocycles. The first-order valence-electron chi connectivity index (χ1n) is 8.03.